The van der Waals surface area contributed by atoms with Crippen molar-refractivity contribution in [2.24, 2.45) is 5.92 Å². The predicted octanol–water partition coefficient (Wildman–Crippen LogP) is 3.60. The Balaban J connectivity index is 2.16. The second-order valence-electron chi connectivity index (χ2n) is 4.36. The fourth-order valence-electron chi connectivity index (χ4n) is 1.32. The summed E-state index contributed by atoms with van der Waals surface area (Å²) in [5.74, 6) is 0.982. The zero-order valence-electron chi connectivity index (χ0n) is 10.3. The lowest BCUT2D eigenvalue weighted by molar-refractivity contribution is 0.310. The molecule has 4 heteroatoms. The fraction of sp³-hybridized carbons (Fsp3) is 0.538. The van der Waals surface area contributed by atoms with E-state index >= 15 is 0 Å². The predicted molar refractivity (Wildman–Crippen MR) is 71.9 cm³/mol. The molecule has 0 spiro atoms. The molecular weight excluding hydrogens is 285 g/mol. The van der Waals surface area contributed by atoms with Crippen LogP contribution in [0.15, 0.2) is 22.7 Å². The van der Waals surface area contributed by atoms with Crippen molar-refractivity contribution in [3.8, 4) is 5.75 Å². The summed E-state index contributed by atoms with van der Waals surface area (Å²) in [6.45, 7) is 6.73. The minimum Gasteiger partial charge on any atom is -0.492 e. The Kier molecular flexibility index (Phi) is 6.52. The van der Waals surface area contributed by atoms with E-state index in [2.05, 4.69) is 35.1 Å². The summed E-state index contributed by atoms with van der Waals surface area (Å²) in [7, 11) is 0. The van der Waals surface area contributed by atoms with Crippen LogP contribution in [-0.4, -0.2) is 19.7 Å². The van der Waals surface area contributed by atoms with Gasteiger partial charge in [0.2, 0.25) is 0 Å². The second kappa shape index (κ2) is 7.67. The number of nitrogens with one attached hydrogen (secondary N) is 1. The van der Waals surface area contributed by atoms with Gasteiger partial charge in [0.1, 0.15) is 18.2 Å². The maximum Gasteiger partial charge on any atom is 0.141 e. The molecule has 0 aliphatic heterocycles. The Morgan fingerprint density at radius 1 is 1.35 bits per heavy atom. The number of ether oxygens (including phenoxy) is 1. The van der Waals surface area contributed by atoms with E-state index in [1.54, 1.807) is 12.1 Å². The van der Waals surface area contributed by atoms with Gasteiger partial charge < -0.3 is 10.1 Å². The molecule has 1 aromatic rings. The van der Waals surface area contributed by atoms with Crippen molar-refractivity contribution in [2.75, 3.05) is 19.7 Å². The number of benzene rings is 1. The zero-order chi connectivity index (χ0) is 12.7. The lowest BCUT2D eigenvalue weighted by Gasteiger charge is -2.09. The van der Waals surface area contributed by atoms with Crippen molar-refractivity contribution in [3.63, 3.8) is 0 Å². The van der Waals surface area contributed by atoms with Gasteiger partial charge in [0.05, 0.1) is 4.47 Å². The van der Waals surface area contributed by atoms with E-state index in [0.717, 1.165) is 19.5 Å². The van der Waals surface area contributed by atoms with E-state index in [-0.39, 0.29) is 5.82 Å². The SMILES string of the molecule is CC(C)CCNCCOc1ccc(Br)c(F)c1. The first kappa shape index (κ1) is 14.5. The summed E-state index contributed by atoms with van der Waals surface area (Å²) < 4.78 is 19.0. The van der Waals surface area contributed by atoms with E-state index in [0.29, 0.717) is 22.7 Å². The molecule has 96 valence electrons. The van der Waals surface area contributed by atoms with E-state index in [4.69, 9.17) is 4.74 Å². The lowest BCUT2D eigenvalue weighted by atomic mass is 10.1. The van der Waals surface area contributed by atoms with Crippen LogP contribution in [0.4, 0.5) is 4.39 Å². The summed E-state index contributed by atoms with van der Waals surface area (Å²) in [5.41, 5.74) is 0. The van der Waals surface area contributed by atoms with Crippen LogP contribution in [0.25, 0.3) is 0 Å². The average molecular weight is 304 g/mol. The summed E-state index contributed by atoms with van der Waals surface area (Å²) >= 11 is 3.10. The fourth-order valence-corrected chi connectivity index (χ4v) is 1.57. The smallest absolute Gasteiger partial charge is 0.141 e. The van der Waals surface area contributed by atoms with Gasteiger partial charge >= 0.3 is 0 Å². The molecule has 1 N–H and O–H groups in total. The normalized spacial score (nSPS) is 10.9. The average Bonchev–Trinajstić information content (AvgIpc) is 2.27. The van der Waals surface area contributed by atoms with Crippen molar-refractivity contribution < 1.29 is 9.13 Å². The number of hydrogen-bond donors (Lipinski definition) is 1. The molecule has 2 nitrogen and oxygen atoms in total. The van der Waals surface area contributed by atoms with Crippen LogP contribution in [0.2, 0.25) is 0 Å². The van der Waals surface area contributed by atoms with E-state index in [1.165, 1.54) is 6.07 Å². The molecule has 0 saturated heterocycles. The molecule has 0 aromatic heterocycles. The largest absolute Gasteiger partial charge is 0.492 e. The third kappa shape index (κ3) is 6.03. The molecule has 0 radical (unpaired) electrons. The molecule has 0 saturated carbocycles. The van der Waals surface area contributed by atoms with E-state index in [9.17, 15) is 4.39 Å². The second-order valence-corrected chi connectivity index (χ2v) is 5.21. The highest BCUT2D eigenvalue weighted by atomic mass is 79.9. The van der Waals surface area contributed by atoms with Gasteiger partial charge in [-0.1, -0.05) is 13.8 Å². The van der Waals surface area contributed by atoms with Crippen LogP contribution in [0, 0.1) is 11.7 Å². The van der Waals surface area contributed by atoms with Gasteiger partial charge in [-0.2, -0.15) is 0 Å². The Labute approximate surface area is 111 Å². The van der Waals surface area contributed by atoms with Gasteiger partial charge in [0.25, 0.3) is 0 Å². The van der Waals surface area contributed by atoms with Gasteiger partial charge in [-0.25, -0.2) is 4.39 Å². The monoisotopic (exact) mass is 303 g/mol. The molecule has 0 heterocycles. The molecule has 0 fully saturated rings. The van der Waals surface area contributed by atoms with Crippen LogP contribution >= 0.6 is 15.9 Å². The molecule has 0 amide bonds. The van der Waals surface area contributed by atoms with Crippen molar-refractivity contribution in [2.45, 2.75) is 20.3 Å². The number of rotatable bonds is 7. The highest BCUT2D eigenvalue weighted by molar-refractivity contribution is 9.10. The van der Waals surface area contributed by atoms with Crippen LogP contribution in [-0.2, 0) is 0 Å². The first-order valence-corrected chi connectivity index (χ1v) is 6.67. The highest BCUT2D eigenvalue weighted by Gasteiger charge is 2.01. The first-order valence-electron chi connectivity index (χ1n) is 5.88. The molecule has 1 aromatic carbocycles. The maximum absolute atomic E-state index is 13.2. The van der Waals surface area contributed by atoms with Gasteiger partial charge in [0.15, 0.2) is 0 Å². The van der Waals surface area contributed by atoms with Gasteiger partial charge in [0, 0.05) is 12.6 Å². The van der Waals surface area contributed by atoms with Crippen molar-refractivity contribution in [3.05, 3.63) is 28.5 Å². The minimum atomic E-state index is -0.296. The Morgan fingerprint density at radius 2 is 2.12 bits per heavy atom. The molecule has 1 rings (SSSR count). The van der Waals surface area contributed by atoms with Gasteiger partial charge in [-0.3, -0.25) is 0 Å². The number of halogens is 2. The Morgan fingerprint density at radius 3 is 2.76 bits per heavy atom. The van der Waals surface area contributed by atoms with Crippen molar-refractivity contribution >= 4 is 15.9 Å². The quantitative estimate of drug-likeness (QED) is 0.777. The Bertz CT molecular complexity index is 344. The van der Waals surface area contributed by atoms with Gasteiger partial charge in [-0.15, -0.1) is 0 Å². The lowest BCUT2D eigenvalue weighted by Crippen LogP contribution is -2.23. The van der Waals surface area contributed by atoms with Crippen LogP contribution in [0.1, 0.15) is 20.3 Å². The molecule has 0 bridgehead atoms. The summed E-state index contributed by atoms with van der Waals surface area (Å²) in [4.78, 5) is 0. The zero-order valence-corrected chi connectivity index (χ0v) is 11.9. The first-order chi connectivity index (χ1) is 8.09. The van der Waals surface area contributed by atoms with Crippen LogP contribution in [0.5, 0.6) is 5.75 Å². The standard InChI is InChI=1S/C13H19BrFNO/c1-10(2)5-6-16-7-8-17-11-3-4-12(14)13(15)9-11/h3-4,9-10,16H,5-8H2,1-2H3. The van der Waals surface area contributed by atoms with E-state index < -0.39 is 0 Å². The highest BCUT2D eigenvalue weighted by Crippen LogP contribution is 2.20. The van der Waals surface area contributed by atoms with Crippen LogP contribution in [0.3, 0.4) is 0 Å². The third-order valence-electron chi connectivity index (χ3n) is 2.34. The molecule has 0 aliphatic carbocycles. The number of hydrogen-bond acceptors (Lipinski definition) is 2. The van der Waals surface area contributed by atoms with Crippen molar-refractivity contribution in [1.29, 1.82) is 0 Å². The van der Waals surface area contributed by atoms with E-state index in [1.807, 2.05) is 0 Å². The Hall–Kier alpha value is -0.610. The van der Waals surface area contributed by atoms with Gasteiger partial charge in [-0.05, 0) is 46.9 Å². The summed E-state index contributed by atoms with van der Waals surface area (Å²) in [6, 6.07) is 4.79. The van der Waals surface area contributed by atoms with Crippen molar-refractivity contribution in [1.82, 2.24) is 5.32 Å². The topological polar surface area (TPSA) is 21.3 Å². The third-order valence-corrected chi connectivity index (χ3v) is 2.98. The minimum absolute atomic E-state index is 0.296. The molecular formula is C13H19BrFNO. The molecule has 0 atom stereocenters. The summed E-state index contributed by atoms with van der Waals surface area (Å²) in [6.07, 6.45) is 1.16. The maximum atomic E-state index is 13.2. The summed E-state index contributed by atoms with van der Waals surface area (Å²) in [5, 5.41) is 3.28. The molecule has 0 aliphatic rings. The molecule has 17 heavy (non-hydrogen) atoms. The molecule has 0 unspecified atom stereocenters. The van der Waals surface area contributed by atoms with Crippen LogP contribution < -0.4 is 10.1 Å².